The smallest absolute Gasteiger partial charge is 0.407 e. The number of likely N-dealkylation sites (tertiary alicyclic amines) is 1. The van der Waals surface area contributed by atoms with Crippen molar-refractivity contribution in [3.8, 4) is 0 Å². The third kappa shape index (κ3) is 8.85. The molecule has 2 aliphatic rings. The van der Waals surface area contributed by atoms with Crippen LogP contribution in [-0.4, -0.2) is 70.6 Å². The van der Waals surface area contributed by atoms with Gasteiger partial charge in [-0.1, -0.05) is 40.0 Å². The minimum Gasteiger partial charge on any atom is -0.450 e. The Kier molecular flexibility index (Phi) is 12.2. The predicted molar refractivity (Wildman–Crippen MR) is 142 cm³/mol. The van der Waals surface area contributed by atoms with Crippen LogP contribution in [0.25, 0.3) is 0 Å². The van der Waals surface area contributed by atoms with Crippen molar-refractivity contribution < 1.29 is 19.1 Å². The number of nitrogens with zero attached hydrogens (tertiary/aromatic N) is 1. The highest BCUT2D eigenvalue weighted by Crippen LogP contribution is 2.36. The molecule has 9 heteroatoms. The zero-order valence-electron chi connectivity index (χ0n) is 22.4. The van der Waals surface area contributed by atoms with Gasteiger partial charge in [-0.15, -0.1) is 11.8 Å². The van der Waals surface area contributed by atoms with Crippen molar-refractivity contribution in [1.82, 2.24) is 15.5 Å². The second kappa shape index (κ2) is 14.3. The van der Waals surface area contributed by atoms with E-state index in [1.165, 1.54) is 19.3 Å². The molecule has 1 aliphatic carbocycles. The van der Waals surface area contributed by atoms with E-state index in [1.54, 1.807) is 16.7 Å². The maximum absolute atomic E-state index is 13.9. The molecule has 2 rings (SSSR count). The molecule has 1 heterocycles. The van der Waals surface area contributed by atoms with Crippen LogP contribution in [0.2, 0.25) is 0 Å². The number of rotatable bonds is 12. The first-order valence-corrected chi connectivity index (χ1v) is 14.5. The lowest BCUT2D eigenvalue weighted by atomic mass is 9.89. The summed E-state index contributed by atoms with van der Waals surface area (Å²) in [6, 6.07) is -1.73. The van der Waals surface area contributed by atoms with Gasteiger partial charge in [-0.05, 0) is 58.3 Å². The molecule has 0 bridgehead atoms. The first-order valence-electron chi connectivity index (χ1n) is 13.6. The number of hydrogen-bond donors (Lipinski definition) is 3. The van der Waals surface area contributed by atoms with Crippen LogP contribution in [0.3, 0.4) is 0 Å². The van der Waals surface area contributed by atoms with Crippen molar-refractivity contribution in [2.75, 3.05) is 19.7 Å². The molecule has 202 valence electrons. The molecule has 0 aromatic heterocycles. The first kappa shape index (κ1) is 29.7. The number of thioether (sulfide) groups is 1. The van der Waals surface area contributed by atoms with Gasteiger partial charge >= 0.3 is 6.09 Å². The molecule has 8 nitrogen and oxygen atoms in total. The Hall–Kier alpha value is -1.48. The summed E-state index contributed by atoms with van der Waals surface area (Å²) in [5, 5.41) is 6.28. The molecule has 1 aliphatic heterocycles. The second-order valence-electron chi connectivity index (χ2n) is 10.6. The quantitative estimate of drug-likeness (QED) is 0.366. The molecule has 0 spiro atoms. The largest absolute Gasteiger partial charge is 0.450 e. The molecular formula is C26H48N4O4S. The second-order valence-corrected chi connectivity index (χ2v) is 12.6. The highest BCUT2D eigenvalue weighted by Gasteiger charge is 2.46. The third-order valence-electron chi connectivity index (χ3n) is 7.23. The standard InChI is InChI=1S/C26H48N4O4S/c1-6-14-34-25(33)29-22(26(4,5)35-20(7-2)8-3)24(32)30-17-19(27)15-21(30)23(31)28-16-18-12-10-9-11-13-18/h18-22H,6-17,27H2,1-5H3,(H,28,31)(H,29,33)/t19-,21+,22+/m1/s1. The lowest BCUT2D eigenvalue weighted by molar-refractivity contribution is -0.140. The van der Waals surface area contributed by atoms with Gasteiger partial charge in [0.25, 0.3) is 0 Å². The highest BCUT2D eigenvalue weighted by molar-refractivity contribution is 8.01. The number of nitrogens with two attached hydrogens (primary N) is 1. The van der Waals surface area contributed by atoms with E-state index in [-0.39, 0.29) is 24.5 Å². The summed E-state index contributed by atoms with van der Waals surface area (Å²) < 4.78 is 4.65. The fourth-order valence-corrected chi connectivity index (χ4v) is 6.61. The van der Waals surface area contributed by atoms with Crippen LogP contribution < -0.4 is 16.4 Å². The van der Waals surface area contributed by atoms with E-state index < -0.39 is 22.9 Å². The number of alkyl carbamates (subject to hydrolysis) is 1. The monoisotopic (exact) mass is 512 g/mol. The van der Waals surface area contributed by atoms with Gasteiger partial charge in [0, 0.05) is 29.1 Å². The fourth-order valence-electron chi connectivity index (χ4n) is 5.12. The zero-order valence-corrected chi connectivity index (χ0v) is 23.3. The average Bonchev–Trinajstić information content (AvgIpc) is 3.24. The van der Waals surface area contributed by atoms with Crippen molar-refractivity contribution in [2.45, 2.75) is 121 Å². The fraction of sp³-hybridized carbons (Fsp3) is 0.885. The molecule has 3 atom stereocenters. The molecule has 0 aromatic carbocycles. The lowest BCUT2D eigenvalue weighted by Crippen LogP contribution is -2.60. The maximum atomic E-state index is 13.9. The highest BCUT2D eigenvalue weighted by atomic mass is 32.2. The minimum atomic E-state index is -0.837. The van der Waals surface area contributed by atoms with Crippen molar-refractivity contribution >= 4 is 29.7 Å². The predicted octanol–water partition coefficient (Wildman–Crippen LogP) is 3.82. The Morgan fingerprint density at radius 2 is 1.77 bits per heavy atom. The number of amides is 3. The SMILES string of the molecule is CCCOC(=O)N[C@@H](C(=O)N1C[C@H](N)C[C@H]1C(=O)NCC1CCCCC1)C(C)(C)SC(CC)CC. The summed E-state index contributed by atoms with van der Waals surface area (Å²) in [7, 11) is 0. The number of ether oxygens (including phenoxy) is 1. The molecule has 4 N–H and O–H groups in total. The van der Waals surface area contributed by atoms with Gasteiger partial charge < -0.3 is 26.0 Å². The van der Waals surface area contributed by atoms with Gasteiger partial charge in [0.1, 0.15) is 12.1 Å². The lowest BCUT2D eigenvalue weighted by Gasteiger charge is -2.38. The summed E-state index contributed by atoms with van der Waals surface area (Å²) in [4.78, 5) is 41.2. The van der Waals surface area contributed by atoms with Gasteiger partial charge in [-0.3, -0.25) is 9.59 Å². The van der Waals surface area contributed by atoms with Crippen LogP contribution >= 0.6 is 11.8 Å². The van der Waals surface area contributed by atoms with Crippen LogP contribution in [0.15, 0.2) is 0 Å². The van der Waals surface area contributed by atoms with Gasteiger partial charge in [-0.25, -0.2) is 4.79 Å². The van der Waals surface area contributed by atoms with Crippen molar-refractivity contribution in [3.63, 3.8) is 0 Å². The molecule has 1 saturated heterocycles. The Labute approximate surface area is 216 Å². The number of nitrogens with one attached hydrogen (secondary N) is 2. The van der Waals surface area contributed by atoms with E-state index >= 15 is 0 Å². The number of carbonyl (C=O) groups excluding carboxylic acids is 3. The van der Waals surface area contributed by atoms with Crippen LogP contribution in [-0.2, 0) is 14.3 Å². The Morgan fingerprint density at radius 3 is 2.37 bits per heavy atom. The molecule has 3 amide bonds. The van der Waals surface area contributed by atoms with Gasteiger partial charge in [0.2, 0.25) is 11.8 Å². The zero-order chi connectivity index (χ0) is 26.0. The Bertz CT molecular complexity index is 695. The van der Waals surface area contributed by atoms with E-state index in [0.717, 1.165) is 25.7 Å². The van der Waals surface area contributed by atoms with E-state index in [0.29, 0.717) is 37.1 Å². The third-order valence-corrected chi connectivity index (χ3v) is 9.07. The molecule has 0 unspecified atom stereocenters. The van der Waals surface area contributed by atoms with Crippen molar-refractivity contribution in [2.24, 2.45) is 11.7 Å². The number of hydrogen-bond acceptors (Lipinski definition) is 6. The van der Waals surface area contributed by atoms with E-state index in [1.807, 2.05) is 20.8 Å². The first-order chi connectivity index (χ1) is 16.6. The molecule has 1 saturated carbocycles. The molecule has 0 aromatic rings. The van der Waals surface area contributed by atoms with E-state index in [4.69, 9.17) is 10.5 Å². The normalized spacial score (nSPS) is 22.2. The molecular weight excluding hydrogens is 464 g/mol. The summed E-state index contributed by atoms with van der Waals surface area (Å²) in [6.07, 6.45) is 8.42. The van der Waals surface area contributed by atoms with Gasteiger partial charge in [0.05, 0.1) is 6.61 Å². The van der Waals surface area contributed by atoms with Crippen molar-refractivity contribution in [1.29, 1.82) is 0 Å². The van der Waals surface area contributed by atoms with E-state index in [2.05, 4.69) is 24.5 Å². The van der Waals surface area contributed by atoms with Crippen LogP contribution in [0.1, 0.15) is 92.4 Å². The van der Waals surface area contributed by atoms with E-state index in [9.17, 15) is 14.4 Å². The Morgan fingerprint density at radius 1 is 1.11 bits per heavy atom. The molecule has 35 heavy (non-hydrogen) atoms. The van der Waals surface area contributed by atoms with Crippen LogP contribution in [0.4, 0.5) is 4.79 Å². The van der Waals surface area contributed by atoms with Crippen LogP contribution in [0, 0.1) is 5.92 Å². The van der Waals surface area contributed by atoms with Gasteiger partial charge in [0.15, 0.2) is 0 Å². The van der Waals surface area contributed by atoms with Crippen LogP contribution in [0.5, 0.6) is 0 Å². The summed E-state index contributed by atoms with van der Waals surface area (Å²) in [6.45, 7) is 11.4. The average molecular weight is 513 g/mol. The minimum absolute atomic E-state index is 0.144. The van der Waals surface area contributed by atoms with Gasteiger partial charge in [-0.2, -0.15) is 0 Å². The molecule has 2 fully saturated rings. The topological polar surface area (TPSA) is 114 Å². The molecule has 0 radical (unpaired) electrons. The summed E-state index contributed by atoms with van der Waals surface area (Å²) in [5.41, 5.74) is 6.24. The Balaban J connectivity index is 2.18. The number of carbonyl (C=O) groups is 3. The summed E-state index contributed by atoms with van der Waals surface area (Å²) >= 11 is 1.70. The van der Waals surface area contributed by atoms with Crippen molar-refractivity contribution in [3.05, 3.63) is 0 Å². The summed E-state index contributed by atoms with van der Waals surface area (Å²) in [5.74, 6) is 0.0901. The maximum Gasteiger partial charge on any atom is 0.407 e.